The van der Waals surface area contributed by atoms with Crippen molar-refractivity contribution in [3.05, 3.63) is 59.5 Å². The third kappa shape index (κ3) is 4.97. The molecule has 0 saturated heterocycles. The molecule has 0 radical (unpaired) electrons. The number of halogens is 1. The first kappa shape index (κ1) is 24.6. The quantitative estimate of drug-likeness (QED) is 0.406. The second-order valence-corrected chi connectivity index (χ2v) is 10.2. The van der Waals surface area contributed by atoms with Gasteiger partial charge in [0.25, 0.3) is 0 Å². The largest absolute Gasteiger partial charge is 0.481 e. The van der Waals surface area contributed by atoms with Gasteiger partial charge in [-0.25, -0.2) is 13.4 Å². The van der Waals surface area contributed by atoms with Gasteiger partial charge in [0, 0.05) is 35.8 Å². The Hall–Kier alpha value is -3.55. The summed E-state index contributed by atoms with van der Waals surface area (Å²) in [6, 6.07) is 6.75. The van der Waals surface area contributed by atoms with Crippen LogP contribution in [0.5, 0.6) is 0 Å². The van der Waals surface area contributed by atoms with Crippen LogP contribution in [0.3, 0.4) is 0 Å². The number of rotatable bonds is 8. The van der Waals surface area contributed by atoms with Gasteiger partial charge in [-0.1, -0.05) is 18.5 Å². The monoisotopic (exact) mass is 518 g/mol. The summed E-state index contributed by atoms with van der Waals surface area (Å²) in [5, 5.41) is 21.2. The molecule has 3 atom stereocenters. The van der Waals surface area contributed by atoms with Crippen molar-refractivity contribution < 1.29 is 18.3 Å². The summed E-state index contributed by atoms with van der Waals surface area (Å²) in [6.45, 7) is 3.31. The van der Waals surface area contributed by atoms with Crippen molar-refractivity contribution in [1.82, 2.24) is 30.0 Å². The highest BCUT2D eigenvalue weighted by Gasteiger charge is 2.33. The third-order valence-electron chi connectivity index (χ3n) is 5.56. The number of anilines is 1. The summed E-state index contributed by atoms with van der Waals surface area (Å²) in [5.41, 5.74) is 1.19. The molecule has 0 aliphatic carbocycles. The molecule has 184 valence electrons. The molecule has 0 aromatic carbocycles. The van der Waals surface area contributed by atoms with Gasteiger partial charge in [0.1, 0.15) is 5.70 Å². The van der Waals surface area contributed by atoms with Gasteiger partial charge in [0.2, 0.25) is 21.9 Å². The van der Waals surface area contributed by atoms with Crippen LogP contribution in [0.25, 0.3) is 17.1 Å². The average molecular weight is 519 g/mol. The van der Waals surface area contributed by atoms with Crippen LogP contribution in [0.15, 0.2) is 53.7 Å². The molecule has 35 heavy (non-hydrogen) atoms. The van der Waals surface area contributed by atoms with Crippen LogP contribution in [0.4, 0.5) is 5.95 Å². The summed E-state index contributed by atoms with van der Waals surface area (Å²) >= 11 is 5.91. The van der Waals surface area contributed by atoms with Crippen molar-refractivity contribution in [2.24, 2.45) is 4.99 Å². The van der Waals surface area contributed by atoms with Gasteiger partial charge in [-0.15, -0.1) is 10.2 Å². The van der Waals surface area contributed by atoms with E-state index >= 15 is 0 Å². The molecule has 12 nitrogen and oxygen atoms in total. The Balaban J connectivity index is 1.77. The molecule has 4 heterocycles. The average Bonchev–Trinajstić information content (AvgIpc) is 3.26. The Morgan fingerprint density at radius 2 is 2.03 bits per heavy atom. The Bertz CT molecular complexity index is 1360. The Morgan fingerprint density at radius 1 is 1.23 bits per heavy atom. The van der Waals surface area contributed by atoms with E-state index in [2.05, 4.69) is 35.2 Å². The zero-order chi connectivity index (χ0) is 25.2. The lowest BCUT2D eigenvalue weighted by molar-refractivity contribution is 0.213. The highest BCUT2D eigenvalue weighted by atomic mass is 35.5. The fourth-order valence-electron chi connectivity index (χ4n) is 3.46. The number of aromatic nitrogens is 5. The van der Waals surface area contributed by atoms with Crippen LogP contribution >= 0.6 is 11.6 Å². The van der Waals surface area contributed by atoms with Crippen molar-refractivity contribution in [1.29, 1.82) is 0 Å². The number of pyridine rings is 2. The number of hydrogen-bond donors (Lipinski definition) is 3. The predicted molar refractivity (Wildman–Crippen MR) is 131 cm³/mol. The molecular formula is C21H23ClN8O4S. The van der Waals surface area contributed by atoms with E-state index in [4.69, 9.17) is 16.3 Å². The number of sulfonamides is 1. The van der Waals surface area contributed by atoms with Crippen LogP contribution < -0.4 is 10.0 Å². The zero-order valence-electron chi connectivity index (χ0n) is 19.0. The first-order chi connectivity index (χ1) is 16.7. The van der Waals surface area contributed by atoms with E-state index in [9.17, 15) is 13.5 Å². The first-order valence-corrected chi connectivity index (χ1v) is 12.4. The van der Waals surface area contributed by atoms with Crippen molar-refractivity contribution in [3.63, 3.8) is 0 Å². The molecule has 1 aliphatic heterocycles. The summed E-state index contributed by atoms with van der Waals surface area (Å²) < 4.78 is 36.0. The fraction of sp³-hybridized carbons (Fsp3) is 0.286. The predicted octanol–water partition coefficient (Wildman–Crippen LogP) is 2.04. The van der Waals surface area contributed by atoms with Gasteiger partial charge < -0.3 is 15.2 Å². The van der Waals surface area contributed by atoms with Gasteiger partial charge in [-0.05, 0) is 31.2 Å². The minimum atomic E-state index is -4.01. The Morgan fingerprint density at radius 3 is 2.69 bits per heavy atom. The summed E-state index contributed by atoms with van der Waals surface area (Å²) in [7, 11) is -2.61. The van der Waals surface area contributed by atoms with Crippen LogP contribution in [0, 0.1) is 0 Å². The molecule has 3 aromatic rings. The number of nitrogens with one attached hydrogen (secondary N) is 2. The maximum Gasteiger partial charge on any atom is 0.243 e. The van der Waals surface area contributed by atoms with Gasteiger partial charge in [0.15, 0.2) is 12.1 Å². The number of nitrogens with zero attached hydrogens (tertiary/aromatic N) is 6. The van der Waals surface area contributed by atoms with Crippen LogP contribution in [0.1, 0.15) is 25.5 Å². The number of aliphatic imine (C=N–C) groups is 1. The van der Waals surface area contributed by atoms with E-state index in [1.807, 2.05) is 0 Å². The van der Waals surface area contributed by atoms with E-state index in [1.165, 1.54) is 30.4 Å². The lowest BCUT2D eigenvalue weighted by Crippen LogP contribution is -2.33. The van der Waals surface area contributed by atoms with Crippen molar-refractivity contribution in [3.8, 4) is 11.4 Å². The number of ether oxygens (including phenoxy) is 1. The molecule has 1 unspecified atom stereocenters. The van der Waals surface area contributed by atoms with E-state index < -0.39 is 27.4 Å². The van der Waals surface area contributed by atoms with Crippen molar-refractivity contribution >= 4 is 39.6 Å². The van der Waals surface area contributed by atoms with Crippen LogP contribution in [-0.4, -0.2) is 63.2 Å². The van der Waals surface area contributed by atoms with Gasteiger partial charge >= 0.3 is 0 Å². The standard InChI is InChI=1S/C21H23ClN8O4S/c1-12(16-7-6-15(22)10-24-16)13(2)35(32,33)29-21-28-27-18(14-5-4-8-23-9-14)30(21)17-19(31)25-11-26-20(17)34-3/h4-13,19,31H,1-3H3,(H,25,26)(H,28,29)/t12-,13-,19?/m0/s1. The van der Waals surface area contributed by atoms with E-state index in [0.717, 1.165) is 0 Å². The molecule has 0 bridgehead atoms. The number of aliphatic hydroxyl groups is 1. The molecule has 14 heteroatoms. The van der Waals surface area contributed by atoms with Crippen LogP contribution in [-0.2, 0) is 14.8 Å². The lowest BCUT2D eigenvalue weighted by atomic mass is 10.0. The maximum atomic E-state index is 13.4. The minimum Gasteiger partial charge on any atom is -0.481 e. The maximum absolute atomic E-state index is 13.4. The van der Waals surface area contributed by atoms with E-state index in [1.54, 1.807) is 44.3 Å². The van der Waals surface area contributed by atoms with Gasteiger partial charge in [-0.2, -0.15) is 0 Å². The molecule has 1 aliphatic rings. The van der Waals surface area contributed by atoms with E-state index in [0.29, 0.717) is 16.3 Å². The van der Waals surface area contributed by atoms with Crippen molar-refractivity contribution in [2.45, 2.75) is 31.2 Å². The Labute approximate surface area is 206 Å². The molecule has 4 rings (SSSR count). The van der Waals surface area contributed by atoms with Crippen molar-refractivity contribution in [2.75, 3.05) is 11.8 Å². The molecule has 3 aromatic heterocycles. The molecule has 0 spiro atoms. The summed E-state index contributed by atoms with van der Waals surface area (Å²) in [4.78, 5) is 12.3. The van der Waals surface area contributed by atoms with E-state index in [-0.39, 0.29) is 23.4 Å². The lowest BCUT2D eigenvalue weighted by Gasteiger charge is -2.24. The molecule has 0 fully saturated rings. The smallest absolute Gasteiger partial charge is 0.243 e. The number of methoxy groups -OCH3 is 1. The number of aliphatic hydroxyl groups excluding tert-OH is 1. The summed E-state index contributed by atoms with van der Waals surface area (Å²) in [5.74, 6) is -0.267. The first-order valence-electron chi connectivity index (χ1n) is 10.5. The second kappa shape index (κ2) is 9.98. The highest BCUT2D eigenvalue weighted by molar-refractivity contribution is 7.93. The molecule has 0 amide bonds. The second-order valence-electron chi connectivity index (χ2n) is 7.68. The van der Waals surface area contributed by atoms with Crippen LogP contribution in [0.2, 0.25) is 5.02 Å². The Kier molecular flexibility index (Phi) is 7.00. The molecule has 3 N–H and O–H groups in total. The zero-order valence-corrected chi connectivity index (χ0v) is 20.6. The minimum absolute atomic E-state index is 0.0941. The normalized spacial score (nSPS) is 17.6. The topological polar surface area (TPSA) is 157 Å². The van der Waals surface area contributed by atoms with Gasteiger partial charge in [-0.3, -0.25) is 19.3 Å². The third-order valence-corrected chi connectivity index (χ3v) is 7.64. The fourth-order valence-corrected chi connectivity index (χ4v) is 4.82. The number of hydrogen-bond acceptors (Lipinski definition) is 10. The molecular weight excluding hydrogens is 496 g/mol. The van der Waals surface area contributed by atoms with Gasteiger partial charge in [0.05, 0.1) is 23.7 Å². The SMILES string of the molecule is COC1=C(n2c(NS(=O)(=O)[C@@H](C)[C@H](C)c3ccc(Cl)cn3)nnc2-c2cccnc2)C(O)N=CN1. The summed E-state index contributed by atoms with van der Waals surface area (Å²) in [6.07, 6.45) is 4.48. The molecule has 0 saturated carbocycles. The highest BCUT2D eigenvalue weighted by Crippen LogP contribution is 2.31.